The third-order valence-corrected chi connectivity index (χ3v) is 5.71. The minimum absolute atomic E-state index is 0.0654. The second-order valence-electron chi connectivity index (χ2n) is 7.66. The van der Waals surface area contributed by atoms with E-state index in [1.807, 2.05) is 6.07 Å². The van der Waals surface area contributed by atoms with Gasteiger partial charge in [0, 0.05) is 31.8 Å². The van der Waals surface area contributed by atoms with Crippen LogP contribution in [0.5, 0.6) is 5.75 Å². The number of fused-ring (bicyclic) bond motifs is 1. The van der Waals surface area contributed by atoms with Crippen LogP contribution in [-0.4, -0.2) is 47.5 Å². The van der Waals surface area contributed by atoms with Crippen LogP contribution in [0.3, 0.4) is 0 Å². The molecule has 3 aliphatic rings. The van der Waals surface area contributed by atoms with E-state index < -0.39 is 5.72 Å². The lowest BCUT2D eigenvalue weighted by Gasteiger charge is -2.38. The molecule has 1 unspecified atom stereocenters. The summed E-state index contributed by atoms with van der Waals surface area (Å²) in [6.07, 6.45) is 5.41. The number of hydrogen-bond donors (Lipinski definition) is 2. The number of likely N-dealkylation sites (tertiary alicyclic amines) is 1. The molecule has 7 heteroatoms. The molecule has 1 aliphatic carbocycles. The highest BCUT2D eigenvalue weighted by Gasteiger charge is 2.42. The lowest BCUT2D eigenvalue weighted by atomic mass is 10.0. The number of carbonyl (C=O) groups excluding carboxylic acids is 3. The molecule has 1 aromatic rings. The Morgan fingerprint density at radius 3 is 2.81 bits per heavy atom. The summed E-state index contributed by atoms with van der Waals surface area (Å²) in [5.41, 5.74) is -0.385. The summed E-state index contributed by atoms with van der Waals surface area (Å²) in [4.78, 5) is 38.9. The summed E-state index contributed by atoms with van der Waals surface area (Å²) >= 11 is 0. The Morgan fingerprint density at radius 1 is 1.22 bits per heavy atom. The smallest absolute Gasteiger partial charge is 0.258 e. The van der Waals surface area contributed by atoms with E-state index in [1.165, 1.54) is 0 Å². The highest BCUT2D eigenvalue weighted by Crippen LogP contribution is 2.33. The first-order chi connectivity index (χ1) is 13.0. The van der Waals surface area contributed by atoms with Crippen LogP contribution in [0, 0.1) is 0 Å². The Hall–Kier alpha value is -2.57. The Labute approximate surface area is 158 Å². The fourth-order valence-corrected chi connectivity index (χ4v) is 4.20. The molecular formula is C20H25N3O4. The van der Waals surface area contributed by atoms with E-state index in [2.05, 4.69) is 10.6 Å². The van der Waals surface area contributed by atoms with Crippen LogP contribution in [-0.2, 0) is 9.59 Å². The maximum Gasteiger partial charge on any atom is 0.258 e. The van der Waals surface area contributed by atoms with Crippen LogP contribution < -0.4 is 15.4 Å². The average Bonchev–Trinajstić information content (AvgIpc) is 3.11. The average molecular weight is 371 g/mol. The molecule has 1 saturated heterocycles. The quantitative estimate of drug-likeness (QED) is 0.844. The molecule has 2 N–H and O–H groups in total. The summed E-state index contributed by atoms with van der Waals surface area (Å²) in [7, 11) is 0. The van der Waals surface area contributed by atoms with E-state index in [0.717, 1.165) is 25.7 Å². The molecule has 0 radical (unpaired) electrons. The largest absolute Gasteiger partial charge is 0.467 e. The summed E-state index contributed by atoms with van der Waals surface area (Å²) in [5, 5.41) is 5.96. The normalized spacial score (nSPS) is 25.6. The molecule has 3 amide bonds. The second kappa shape index (κ2) is 7.21. The van der Waals surface area contributed by atoms with Crippen molar-refractivity contribution in [2.24, 2.45) is 0 Å². The van der Waals surface area contributed by atoms with Crippen LogP contribution in [0.2, 0.25) is 0 Å². The van der Waals surface area contributed by atoms with Gasteiger partial charge in [-0.2, -0.15) is 0 Å². The lowest BCUT2D eigenvalue weighted by molar-refractivity contribution is -0.135. The zero-order valence-electron chi connectivity index (χ0n) is 15.3. The van der Waals surface area contributed by atoms with Gasteiger partial charge in [-0.15, -0.1) is 0 Å². The van der Waals surface area contributed by atoms with Crippen molar-refractivity contribution in [1.82, 2.24) is 15.5 Å². The van der Waals surface area contributed by atoms with Crippen molar-refractivity contribution in [2.75, 3.05) is 13.1 Å². The number of carbonyl (C=O) groups is 3. The molecule has 4 rings (SSSR count). The molecular weight excluding hydrogens is 346 g/mol. The third-order valence-electron chi connectivity index (χ3n) is 5.71. The Kier molecular flexibility index (Phi) is 4.76. The molecule has 7 nitrogen and oxygen atoms in total. The van der Waals surface area contributed by atoms with E-state index in [0.29, 0.717) is 30.7 Å². The molecule has 27 heavy (non-hydrogen) atoms. The summed E-state index contributed by atoms with van der Waals surface area (Å²) in [6, 6.07) is 7.35. The van der Waals surface area contributed by atoms with Gasteiger partial charge in [0.1, 0.15) is 5.75 Å². The van der Waals surface area contributed by atoms with Gasteiger partial charge in [-0.1, -0.05) is 25.0 Å². The number of rotatable bonds is 3. The van der Waals surface area contributed by atoms with Gasteiger partial charge in [0.05, 0.1) is 12.1 Å². The summed E-state index contributed by atoms with van der Waals surface area (Å²) in [6.45, 7) is 0.440. The molecule has 0 bridgehead atoms. The molecule has 1 spiro atoms. The first kappa shape index (κ1) is 17.8. The van der Waals surface area contributed by atoms with Gasteiger partial charge in [0.15, 0.2) is 5.72 Å². The van der Waals surface area contributed by atoms with E-state index in [-0.39, 0.29) is 36.7 Å². The van der Waals surface area contributed by atoms with Gasteiger partial charge in [-0.3, -0.25) is 14.4 Å². The van der Waals surface area contributed by atoms with Crippen LogP contribution in [0.15, 0.2) is 24.3 Å². The predicted molar refractivity (Wildman–Crippen MR) is 98.1 cm³/mol. The fraction of sp³-hybridized carbons (Fsp3) is 0.550. The van der Waals surface area contributed by atoms with Gasteiger partial charge in [-0.25, -0.2) is 0 Å². The fourth-order valence-electron chi connectivity index (χ4n) is 4.20. The molecule has 1 saturated carbocycles. The number of ether oxygens (including phenoxy) is 1. The number of para-hydroxylation sites is 1. The highest BCUT2D eigenvalue weighted by molar-refractivity contribution is 5.98. The number of hydrogen-bond acceptors (Lipinski definition) is 4. The molecule has 2 heterocycles. The maximum absolute atomic E-state index is 12.5. The van der Waals surface area contributed by atoms with Crippen molar-refractivity contribution in [3.63, 3.8) is 0 Å². The Bertz CT molecular complexity index is 759. The van der Waals surface area contributed by atoms with Gasteiger partial charge in [0.2, 0.25) is 11.8 Å². The van der Waals surface area contributed by atoms with E-state index >= 15 is 0 Å². The Balaban J connectivity index is 1.41. The van der Waals surface area contributed by atoms with E-state index in [9.17, 15) is 14.4 Å². The van der Waals surface area contributed by atoms with Gasteiger partial charge in [-0.05, 0) is 25.0 Å². The molecule has 1 aromatic carbocycles. The minimum Gasteiger partial charge on any atom is -0.467 e. The SMILES string of the molecule is O=C(CN1CCC2(CCC1=O)NC(=O)c1ccccc1O2)NC1CCCC1. The zero-order valence-corrected chi connectivity index (χ0v) is 15.3. The summed E-state index contributed by atoms with van der Waals surface area (Å²) < 4.78 is 6.11. The van der Waals surface area contributed by atoms with Crippen LogP contribution >= 0.6 is 0 Å². The van der Waals surface area contributed by atoms with E-state index in [1.54, 1.807) is 23.1 Å². The second-order valence-corrected chi connectivity index (χ2v) is 7.66. The van der Waals surface area contributed by atoms with Crippen LogP contribution in [0.25, 0.3) is 0 Å². The van der Waals surface area contributed by atoms with Crippen molar-refractivity contribution >= 4 is 17.7 Å². The summed E-state index contributed by atoms with van der Waals surface area (Å²) in [5.74, 6) is 0.174. The molecule has 144 valence electrons. The lowest BCUT2D eigenvalue weighted by Crippen LogP contribution is -2.56. The maximum atomic E-state index is 12.5. The minimum atomic E-state index is -0.891. The van der Waals surface area contributed by atoms with Crippen molar-refractivity contribution in [1.29, 1.82) is 0 Å². The zero-order chi connectivity index (χ0) is 18.9. The molecule has 2 aliphatic heterocycles. The molecule has 1 atom stereocenters. The van der Waals surface area contributed by atoms with Crippen molar-refractivity contribution in [3.8, 4) is 5.75 Å². The number of benzene rings is 1. The molecule has 2 fully saturated rings. The monoisotopic (exact) mass is 371 g/mol. The van der Waals surface area contributed by atoms with E-state index in [4.69, 9.17) is 4.74 Å². The topological polar surface area (TPSA) is 87.7 Å². The predicted octanol–water partition coefficient (Wildman–Crippen LogP) is 1.58. The highest BCUT2D eigenvalue weighted by atomic mass is 16.5. The first-order valence-electron chi connectivity index (χ1n) is 9.72. The van der Waals surface area contributed by atoms with Gasteiger partial charge in [0.25, 0.3) is 5.91 Å². The van der Waals surface area contributed by atoms with Gasteiger partial charge >= 0.3 is 0 Å². The number of nitrogens with one attached hydrogen (secondary N) is 2. The first-order valence-corrected chi connectivity index (χ1v) is 9.72. The van der Waals surface area contributed by atoms with Gasteiger partial charge < -0.3 is 20.3 Å². The molecule has 0 aromatic heterocycles. The van der Waals surface area contributed by atoms with Crippen LogP contribution in [0.1, 0.15) is 55.3 Å². The standard InChI is InChI=1S/C20H25N3O4/c24-17(21-14-5-1-2-6-14)13-23-12-11-20(10-9-18(23)25)22-19(26)15-7-3-4-8-16(15)27-20/h3-4,7-8,14H,1-2,5-6,9-13H2,(H,21,24)(H,22,26). The van der Waals surface area contributed by atoms with Crippen molar-refractivity contribution in [2.45, 2.75) is 56.7 Å². The third kappa shape index (κ3) is 3.77. The van der Waals surface area contributed by atoms with Crippen LogP contribution in [0.4, 0.5) is 0 Å². The Morgan fingerprint density at radius 2 is 2.00 bits per heavy atom. The van der Waals surface area contributed by atoms with Crippen molar-refractivity contribution in [3.05, 3.63) is 29.8 Å². The number of nitrogens with zero attached hydrogens (tertiary/aromatic N) is 1. The number of amides is 3. The van der Waals surface area contributed by atoms with Crippen molar-refractivity contribution < 1.29 is 19.1 Å².